The van der Waals surface area contributed by atoms with Crippen LogP contribution in [-0.2, 0) is 22.6 Å². The summed E-state index contributed by atoms with van der Waals surface area (Å²) in [6, 6.07) is 8.53. The topological polar surface area (TPSA) is 38.3 Å². The summed E-state index contributed by atoms with van der Waals surface area (Å²) in [6.45, 7) is 5.76. The summed E-state index contributed by atoms with van der Waals surface area (Å²) in [5, 5.41) is 3.29. The molecule has 82 valence electrons. The molecule has 0 aromatic heterocycles. The maximum absolute atomic E-state index is 9.82. The van der Waals surface area contributed by atoms with Gasteiger partial charge in [0, 0.05) is 20.0 Å². The van der Waals surface area contributed by atoms with Gasteiger partial charge in [0.1, 0.15) is 0 Å². The van der Waals surface area contributed by atoms with Crippen LogP contribution in [0.3, 0.4) is 0 Å². The fourth-order valence-corrected chi connectivity index (χ4v) is 1.44. The van der Waals surface area contributed by atoms with Crippen LogP contribution in [-0.4, -0.2) is 12.6 Å². The minimum Gasteiger partial charge on any atom is -0.466 e. The molecule has 1 aliphatic heterocycles. The Kier molecular flexibility index (Phi) is 4.84. The lowest BCUT2D eigenvalue weighted by Gasteiger charge is -1.91. The lowest BCUT2D eigenvalue weighted by atomic mass is 10.1. The summed E-state index contributed by atoms with van der Waals surface area (Å²) in [7, 11) is 0. The van der Waals surface area contributed by atoms with E-state index in [4.69, 9.17) is 0 Å². The number of ether oxygens (including phenoxy) is 1. The molecule has 1 aromatic carbocycles. The van der Waals surface area contributed by atoms with E-state index < -0.39 is 0 Å². The van der Waals surface area contributed by atoms with Crippen molar-refractivity contribution in [3.8, 4) is 0 Å². The molecule has 0 saturated carbocycles. The first kappa shape index (κ1) is 11.7. The SMILES string of the molecule is CCOC(C)=O.c1ccc2c(c1)CNC2. The number of nitrogens with one attached hydrogen (secondary N) is 1. The van der Waals surface area contributed by atoms with Crippen molar-refractivity contribution in [2.24, 2.45) is 0 Å². The molecule has 2 rings (SSSR count). The zero-order valence-electron chi connectivity index (χ0n) is 9.25. The molecule has 1 aliphatic rings. The van der Waals surface area contributed by atoms with E-state index in [9.17, 15) is 4.79 Å². The lowest BCUT2D eigenvalue weighted by Crippen LogP contribution is -1.99. The van der Waals surface area contributed by atoms with Gasteiger partial charge in [-0.15, -0.1) is 0 Å². The lowest BCUT2D eigenvalue weighted by molar-refractivity contribution is -0.140. The Hall–Kier alpha value is -1.35. The largest absolute Gasteiger partial charge is 0.466 e. The Morgan fingerprint density at radius 3 is 2.20 bits per heavy atom. The molecule has 0 spiro atoms. The Morgan fingerprint density at radius 1 is 1.33 bits per heavy atom. The predicted octanol–water partition coefficient (Wildman–Crippen LogP) is 1.86. The number of fused-ring (bicyclic) bond motifs is 1. The Morgan fingerprint density at radius 2 is 1.87 bits per heavy atom. The summed E-state index contributed by atoms with van der Waals surface area (Å²) < 4.78 is 4.40. The van der Waals surface area contributed by atoms with Crippen LogP contribution >= 0.6 is 0 Å². The first-order valence-electron chi connectivity index (χ1n) is 5.15. The van der Waals surface area contributed by atoms with Gasteiger partial charge in [-0.25, -0.2) is 0 Å². The molecule has 0 saturated heterocycles. The van der Waals surface area contributed by atoms with E-state index in [1.54, 1.807) is 6.92 Å². The number of carbonyl (C=O) groups is 1. The maximum Gasteiger partial charge on any atom is 0.302 e. The van der Waals surface area contributed by atoms with Gasteiger partial charge in [-0.05, 0) is 18.1 Å². The smallest absolute Gasteiger partial charge is 0.302 e. The van der Waals surface area contributed by atoms with Gasteiger partial charge in [-0.3, -0.25) is 4.79 Å². The fraction of sp³-hybridized carbons (Fsp3) is 0.417. The van der Waals surface area contributed by atoms with Crippen LogP contribution in [0, 0.1) is 0 Å². The summed E-state index contributed by atoms with van der Waals surface area (Å²) >= 11 is 0. The summed E-state index contributed by atoms with van der Waals surface area (Å²) in [6.07, 6.45) is 0. The number of hydrogen-bond acceptors (Lipinski definition) is 3. The first-order valence-corrected chi connectivity index (χ1v) is 5.15. The van der Waals surface area contributed by atoms with Crippen molar-refractivity contribution >= 4 is 5.97 Å². The maximum atomic E-state index is 9.82. The van der Waals surface area contributed by atoms with E-state index >= 15 is 0 Å². The zero-order valence-corrected chi connectivity index (χ0v) is 9.25. The molecule has 1 aromatic rings. The van der Waals surface area contributed by atoms with Crippen molar-refractivity contribution in [3.05, 3.63) is 35.4 Å². The van der Waals surface area contributed by atoms with E-state index in [2.05, 4.69) is 34.3 Å². The van der Waals surface area contributed by atoms with Crippen molar-refractivity contribution in [2.45, 2.75) is 26.9 Å². The van der Waals surface area contributed by atoms with Crippen molar-refractivity contribution < 1.29 is 9.53 Å². The van der Waals surface area contributed by atoms with Crippen LogP contribution in [0.4, 0.5) is 0 Å². The Balaban J connectivity index is 0.000000167. The zero-order chi connectivity index (χ0) is 11.1. The highest BCUT2D eigenvalue weighted by Gasteiger charge is 2.06. The molecule has 0 atom stereocenters. The van der Waals surface area contributed by atoms with Crippen molar-refractivity contribution in [3.63, 3.8) is 0 Å². The molecule has 3 nitrogen and oxygen atoms in total. The van der Waals surface area contributed by atoms with Crippen LogP contribution in [0.25, 0.3) is 0 Å². The monoisotopic (exact) mass is 207 g/mol. The molecule has 0 bridgehead atoms. The third-order valence-electron chi connectivity index (χ3n) is 2.10. The highest BCUT2D eigenvalue weighted by atomic mass is 16.5. The number of rotatable bonds is 1. The van der Waals surface area contributed by atoms with Crippen molar-refractivity contribution in [2.75, 3.05) is 6.61 Å². The summed E-state index contributed by atoms with van der Waals surface area (Å²) in [5.41, 5.74) is 2.91. The molecule has 3 heteroatoms. The molecular formula is C12H17NO2. The molecule has 0 amide bonds. The average molecular weight is 207 g/mol. The van der Waals surface area contributed by atoms with Crippen LogP contribution in [0.15, 0.2) is 24.3 Å². The molecule has 0 aliphatic carbocycles. The second-order valence-electron chi connectivity index (χ2n) is 3.30. The van der Waals surface area contributed by atoms with Crippen LogP contribution in [0.5, 0.6) is 0 Å². The highest BCUT2D eigenvalue weighted by Crippen LogP contribution is 2.12. The van der Waals surface area contributed by atoms with Crippen LogP contribution < -0.4 is 5.32 Å². The number of carbonyl (C=O) groups excluding carboxylic acids is 1. The Labute approximate surface area is 90.4 Å². The molecule has 0 fully saturated rings. The number of benzene rings is 1. The van der Waals surface area contributed by atoms with E-state index in [0.717, 1.165) is 13.1 Å². The Bertz CT molecular complexity index is 300. The molecule has 15 heavy (non-hydrogen) atoms. The second kappa shape index (κ2) is 6.19. The van der Waals surface area contributed by atoms with E-state index in [-0.39, 0.29) is 5.97 Å². The van der Waals surface area contributed by atoms with Crippen LogP contribution in [0.1, 0.15) is 25.0 Å². The standard InChI is InChI=1S/C8H9N.C4H8O2/c1-2-4-8-6-9-5-7(8)3-1;1-3-6-4(2)5/h1-4,9H,5-6H2;3H2,1-2H3. The molecule has 1 N–H and O–H groups in total. The van der Waals surface area contributed by atoms with Crippen LogP contribution in [0.2, 0.25) is 0 Å². The second-order valence-corrected chi connectivity index (χ2v) is 3.30. The average Bonchev–Trinajstić information content (AvgIpc) is 2.65. The highest BCUT2D eigenvalue weighted by molar-refractivity contribution is 5.65. The quantitative estimate of drug-likeness (QED) is 0.714. The minimum absolute atomic E-state index is 0.211. The predicted molar refractivity (Wildman–Crippen MR) is 59.3 cm³/mol. The molecule has 0 radical (unpaired) electrons. The molecule has 1 heterocycles. The van der Waals surface area contributed by atoms with Gasteiger partial charge in [0.15, 0.2) is 0 Å². The third-order valence-corrected chi connectivity index (χ3v) is 2.10. The van der Waals surface area contributed by atoms with E-state index in [1.165, 1.54) is 18.1 Å². The summed E-state index contributed by atoms with van der Waals surface area (Å²) in [5.74, 6) is -0.211. The number of esters is 1. The van der Waals surface area contributed by atoms with Gasteiger partial charge < -0.3 is 10.1 Å². The summed E-state index contributed by atoms with van der Waals surface area (Å²) in [4.78, 5) is 9.82. The normalized spacial score (nSPS) is 12.4. The van der Waals surface area contributed by atoms with Gasteiger partial charge in [-0.2, -0.15) is 0 Å². The number of hydrogen-bond donors (Lipinski definition) is 1. The van der Waals surface area contributed by atoms with Gasteiger partial charge >= 0.3 is 5.97 Å². The minimum atomic E-state index is -0.211. The fourth-order valence-electron chi connectivity index (χ4n) is 1.44. The van der Waals surface area contributed by atoms with E-state index in [0.29, 0.717) is 6.61 Å². The first-order chi connectivity index (χ1) is 7.24. The van der Waals surface area contributed by atoms with Crippen molar-refractivity contribution in [1.29, 1.82) is 0 Å². The van der Waals surface area contributed by atoms with Gasteiger partial charge in [0.2, 0.25) is 0 Å². The molecular weight excluding hydrogens is 190 g/mol. The van der Waals surface area contributed by atoms with Gasteiger partial charge in [0.25, 0.3) is 0 Å². The molecule has 0 unspecified atom stereocenters. The van der Waals surface area contributed by atoms with Gasteiger partial charge in [-0.1, -0.05) is 24.3 Å². The van der Waals surface area contributed by atoms with E-state index in [1.807, 2.05) is 0 Å². The van der Waals surface area contributed by atoms with Crippen molar-refractivity contribution in [1.82, 2.24) is 5.32 Å². The third kappa shape index (κ3) is 4.13. The van der Waals surface area contributed by atoms with Gasteiger partial charge in [0.05, 0.1) is 6.61 Å².